The molecule has 6 heteroatoms. The molecule has 0 unspecified atom stereocenters. The van der Waals surface area contributed by atoms with Crippen LogP contribution in [0.3, 0.4) is 0 Å². The summed E-state index contributed by atoms with van der Waals surface area (Å²) in [4.78, 5) is 32.9. The number of aromatic nitrogens is 1. The number of benzene rings is 1. The van der Waals surface area contributed by atoms with E-state index in [0.29, 0.717) is 16.9 Å². The minimum Gasteiger partial charge on any atom is -0.368 e. The average Bonchev–Trinajstić information content (AvgIpc) is 2.68. The fourth-order valence-corrected chi connectivity index (χ4v) is 3.04. The summed E-state index contributed by atoms with van der Waals surface area (Å²) < 4.78 is 0. The number of hydrogen-bond donors (Lipinski definition) is 1. The highest BCUT2D eigenvalue weighted by molar-refractivity contribution is 6.04. The standard InChI is InChI=1S/C20H24N4O2/c1-3-23-9-11-24(12-10-23)18-7-8-19(21-14-18)20(26)22-17-6-4-5-16(13-17)15(2)25/h4-8,13-14H,3,9-12H2,1-2H3,(H,22,26). The normalized spacial score (nSPS) is 14.9. The van der Waals surface area contributed by atoms with Crippen LogP contribution in [0.15, 0.2) is 42.6 Å². The highest BCUT2D eigenvalue weighted by Gasteiger charge is 2.17. The van der Waals surface area contributed by atoms with Crippen LogP contribution in [-0.4, -0.2) is 54.3 Å². The Labute approximate surface area is 153 Å². The minimum absolute atomic E-state index is 0.0354. The van der Waals surface area contributed by atoms with Crippen LogP contribution in [0.5, 0.6) is 0 Å². The van der Waals surface area contributed by atoms with Gasteiger partial charge in [0.15, 0.2) is 5.78 Å². The van der Waals surface area contributed by atoms with E-state index in [2.05, 4.69) is 27.0 Å². The van der Waals surface area contributed by atoms with Gasteiger partial charge in [0, 0.05) is 37.4 Å². The molecule has 3 rings (SSSR count). The van der Waals surface area contributed by atoms with Crippen molar-refractivity contribution in [2.75, 3.05) is 42.9 Å². The summed E-state index contributed by atoms with van der Waals surface area (Å²) in [6, 6.07) is 10.6. The van der Waals surface area contributed by atoms with E-state index in [9.17, 15) is 9.59 Å². The first-order valence-electron chi connectivity index (χ1n) is 8.92. The van der Waals surface area contributed by atoms with Crippen LogP contribution in [-0.2, 0) is 0 Å². The Morgan fingerprint density at radius 1 is 1.12 bits per heavy atom. The van der Waals surface area contributed by atoms with E-state index < -0.39 is 0 Å². The van der Waals surface area contributed by atoms with Crippen molar-refractivity contribution in [3.63, 3.8) is 0 Å². The molecule has 2 heterocycles. The molecule has 1 saturated heterocycles. The van der Waals surface area contributed by atoms with Crippen molar-refractivity contribution >= 4 is 23.1 Å². The molecule has 26 heavy (non-hydrogen) atoms. The second kappa shape index (κ2) is 8.10. The van der Waals surface area contributed by atoms with Crippen molar-refractivity contribution in [3.8, 4) is 0 Å². The highest BCUT2D eigenvalue weighted by Crippen LogP contribution is 2.17. The number of piperazine rings is 1. The third kappa shape index (κ3) is 4.26. The molecule has 6 nitrogen and oxygen atoms in total. The number of nitrogens with one attached hydrogen (secondary N) is 1. The SMILES string of the molecule is CCN1CCN(c2ccc(C(=O)Nc3cccc(C(C)=O)c3)nc2)CC1. The fraction of sp³-hybridized carbons (Fsp3) is 0.350. The van der Waals surface area contributed by atoms with Crippen molar-refractivity contribution in [2.45, 2.75) is 13.8 Å². The Morgan fingerprint density at radius 2 is 1.88 bits per heavy atom. The highest BCUT2D eigenvalue weighted by atomic mass is 16.2. The maximum atomic E-state index is 12.4. The summed E-state index contributed by atoms with van der Waals surface area (Å²) in [6.45, 7) is 8.79. The molecule has 1 N–H and O–H groups in total. The first-order valence-corrected chi connectivity index (χ1v) is 8.92. The number of rotatable bonds is 5. The second-order valence-electron chi connectivity index (χ2n) is 6.41. The first-order chi connectivity index (χ1) is 12.6. The van der Waals surface area contributed by atoms with Crippen LogP contribution in [0.4, 0.5) is 11.4 Å². The van der Waals surface area contributed by atoms with E-state index >= 15 is 0 Å². The van der Waals surface area contributed by atoms with Gasteiger partial charge in [-0.05, 0) is 37.7 Å². The summed E-state index contributed by atoms with van der Waals surface area (Å²) in [5, 5.41) is 2.79. The van der Waals surface area contributed by atoms with Crippen molar-refractivity contribution in [1.29, 1.82) is 0 Å². The van der Waals surface area contributed by atoms with E-state index in [-0.39, 0.29) is 11.7 Å². The molecular weight excluding hydrogens is 328 g/mol. The predicted molar refractivity (Wildman–Crippen MR) is 103 cm³/mol. The topological polar surface area (TPSA) is 65.5 Å². The predicted octanol–water partition coefficient (Wildman–Crippen LogP) is 2.68. The van der Waals surface area contributed by atoms with Crippen molar-refractivity contribution in [3.05, 3.63) is 53.9 Å². The van der Waals surface area contributed by atoms with Crippen molar-refractivity contribution < 1.29 is 9.59 Å². The number of nitrogens with zero attached hydrogens (tertiary/aromatic N) is 3. The zero-order chi connectivity index (χ0) is 18.5. The number of carbonyl (C=O) groups is 2. The maximum Gasteiger partial charge on any atom is 0.274 e. The van der Waals surface area contributed by atoms with Crippen molar-refractivity contribution in [1.82, 2.24) is 9.88 Å². The molecule has 1 aromatic heterocycles. The number of ketones is 1. The van der Waals surface area contributed by atoms with Gasteiger partial charge in [-0.1, -0.05) is 19.1 Å². The third-order valence-corrected chi connectivity index (χ3v) is 4.69. The van der Waals surface area contributed by atoms with Gasteiger partial charge in [-0.15, -0.1) is 0 Å². The second-order valence-corrected chi connectivity index (χ2v) is 6.41. The van der Waals surface area contributed by atoms with Gasteiger partial charge in [0.1, 0.15) is 5.69 Å². The van der Waals surface area contributed by atoms with Crippen molar-refractivity contribution in [2.24, 2.45) is 0 Å². The number of anilines is 2. The number of likely N-dealkylation sites (N-methyl/N-ethyl adjacent to an activating group) is 1. The molecule has 2 aromatic rings. The molecule has 0 radical (unpaired) electrons. The lowest BCUT2D eigenvalue weighted by atomic mass is 10.1. The summed E-state index contributed by atoms with van der Waals surface area (Å²) >= 11 is 0. The molecule has 1 aromatic carbocycles. The molecule has 0 atom stereocenters. The average molecular weight is 352 g/mol. The van der Waals surface area contributed by atoms with Crippen LogP contribution >= 0.6 is 0 Å². The van der Waals surface area contributed by atoms with E-state index in [4.69, 9.17) is 0 Å². The Hall–Kier alpha value is -2.73. The van der Waals surface area contributed by atoms with E-state index in [1.165, 1.54) is 6.92 Å². The number of pyridine rings is 1. The Balaban J connectivity index is 1.64. The van der Waals surface area contributed by atoms with Crippen LogP contribution in [0.2, 0.25) is 0 Å². The molecule has 0 saturated carbocycles. The van der Waals surface area contributed by atoms with Crippen LogP contribution in [0, 0.1) is 0 Å². The Morgan fingerprint density at radius 3 is 2.50 bits per heavy atom. The zero-order valence-electron chi connectivity index (χ0n) is 15.2. The number of carbonyl (C=O) groups excluding carboxylic acids is 2. The molecule has 1 amide bonds. The van der Waals surface area contributed by atoms with Gasteiger partial charge in [-0.25, -0.2) is 4.98 Å². The van der Waals surface area contributed by atoms with Gasteiger partial charge in [-0.2, -0.15) is 0 Å². The summed E-state index contributed by atoms with van der Waals surface area (Å²) in [5.74, 6) is -0.320. The molecular formula is C20H24N4O2. The zero-order valence-corrected chi connectivity index (χ0v) is 15.2. The van der Waals surface area contributed by atoms with Gasteiger partial charge in [0.05, 0.1) is 11.9 Å². The van der Waals surface area contributed by atoms with Gasteiger partial charge in [0.2, 0.25) is 0 Å². The Bertz CT molecular complexity index is 781. The lowest BCUT2D eigenvalue weighted by Crippen LogP contribution is -2.46. The molecule has 0 spiro atoms. The number of hydrogen-bond acceptors (Lipinski definition) is 5. The summed E-state index contributed by atoms with van der Waals surface area (Å²) in [7, 11) is 0. The van der Waals surface area contributed by atoms with Crippen LogP contribution < -0.4 is 10.2 Å². The van der Waals surface area contributed by atoms with E-state index in [1.807, 2.05) is 6.07 Å². The van der Waals surface area contributed by atoms with E-state index in [1.54, 1.807) is 36.5 Å². The quantitative estimate of drug-likeness (QED) is 0.838. The monoisotopic (exact) mass is 352 g/mol. The summed E-state index contributed by atoms with van der Waals surface area (Å²) in [6.07, 6.45) is 1.75. The van der Waals surface area contributed by atoms with Gasteiger partial charge in [-0.3, -0.25) is 9.59 Å². The van der Waals surface area contributed by atoms with E-state index in [0.717, 1.165) is 38.4 Å². The fourth-order valence-electron chi connectivity index (χ4n) is 3.04. The van der Waals surface area contributed by atoms with Crippen LogP contribution in [0.25, 0.3) is 0 Å². The number of Topliss-reactive ketones (excluding diaryl/α,β-unsaturated/α-hetero) is 1. The molecule has 1 aliphatic heterocycles. The molecule has 0 bridgehead atoms. The minimum atomic E-state index is -0.284. The van der Waals surface area contributed by atoms with Gasteiger partial charge >= 0.3 is 0 Å². The lowest BCUT2D eigenvalue weighted by molar-refractivity contribution is 0.100. The largest absolute Gasteiger partial charge is 0.368 e. The third-order valence-electron chi connectivity index (χ3n) is 4.69. The summed E-state index contributed by atoms with van der Waals surface area (Å²) in [5.41, 5.74) is 2.55. The number of amides is 1. The molecule has 1 aliphatic rings. The molecule has 1 fully saturated rings. The Kier molecular flexibility index (Phi) is 5.63. The lowest BCUT2D eigenvalue weighted by Gasteiger charge is -2.35. The maximum absolute atomic E-state index is 12.4. The molecule has 0 aliphatic carbocycles. The first kappa shape index (κ1) is 18.1. The smallest absolute Gasteiger partial charge is 0.274 e. The van der Waals surface area contributed by atoms with Crippen LogP contribution in [0.1, 0.15) is 34.7 Å². The van der Waals surface area contributed by atoms with Gasteiger partial charge < -0.3 is 15.1 Å². The van der Waals surface area contributed by atoms with Gasteiger partial charge in [0.25, 0.3) is 5.91 Å². The molecule has 136 valence electrons.